The van der Waals surface area contributed by atoms with E-state index in [0.717, 1.165) is 59.2 Å². The molecule has 5 rings (SSSR count). The van der Waals surface area contributed by atoms with Crippen molar-refractivity contribution in [2.75, 3.05) is 13.1 Å². The Kier molecular flexibility index (Phi) is 5.23. The van der Waals surface area contributed by atoms with Crippen LogP contribution in [-0.4, -0.2) is 37.6 Å². The minimum absolute atomic E-state index is 0.427. The smallest absolute Gasteiger partial charge is 0.163 e. The van der Waals surface area contributed by atoms with Crippen molar-refractivity contribution >= 4 is 17.2 Å². The molecule has 0 saturated carbocycles. The topological polar surface area (TPSA) is 46.3 Å². The molecule has 0 aliphatic carbocycles. The van der Waals surface area contributed by atoms with Gasteiger partial charge < -0.3 is 0 Å². The SMILES string of the molecule is Cc1nn2ccc(C3CCCN(Cc4ccc(Cl)cc4)C3)nc2c1-c1ccncc1. The number of aromatic nitrogens is 4. The number of likely N-dealkylation sites (tertiary alicyclic amines) is 1. The first-order valence-electron chi connectivity index (χ1n) is 10.4. The van der Waals surface area contributed by atoms with E-state index in [0.29, 0.717) is 5.92 Å². The predicted octanol–water partition coefficient (Wildman–Crippen LogP) is 5.13. The van der Waals surface area contributed by atoms with Crippen molar-refractivity contribution in [3.63, 3.8) is 0 Å². The third kappa shape index (κ3) is 3.83. The second kappa shape index (κ2) is 8.17. The Morgan fingerprint density at radius 3 is 2.67 bits per heavy atom. The van der Waals surface area contributed by atoms with E-state index in [2.05, 4.69) is 33.2 Å². The summed E-state index contributed by atoms with van der Waals surface area (Å²) in [7, 11) is 0. The highest BCUT2D eigenvalue weighted by atomic mass is 35.5. The second-order valence-corrected chi connectivity index (χ2v) is 8.45. The average molecular weight is 418 g/mol. The molecule has 5 nitrogen and oxygen atoms in total. The van der Waals surface area contributed by atoms with E-state index in [1.54, 1.807) is 0 Å². The standard InChI is InChI=1S/C24H24ClN5/c1-17-23(19-8-11-26-12-9-19)24-27-22(10-14-30(24)28-17)20-3-2-13-29(16-20)15-18-4-6-21(25)7-5-18/h4-12,14,20H,2-3,13,15-16H2,1H3. The molecule has 0 bridgehead atoms. The van der Waals surface area contributed by atoms with E-state index in [4.69, 9.17) is 16.6 Å². The molecule has 6 heteroatoms. The molecule has 1 saturated heterocycles. The zero-order chi connectivity index (χ0) is 20.5. The van der Waals surface area contributed by atoms with Crippen LogP contribution < -0.4 is 0 Å². The molecule has 3 aromatic heterocycles. The molecule has 0 amide bonds. The Morgan fingerprint density at radius 1 is 1.07 bits per heavy atom. The number of halogens is 1. The number of benzene rings is 1. The van der Waals surface area contributed by atoms with Crippen molar-refractivity contribution in [1.82, 2.24) is 24.5 Å². The van der Waals surface area contributed by atoms with Crippen LogP contribution in [0.3, 0.4) is 0 Å². The number of nitrogens with zero attached hydrogens (tertiary/aromatic N) is 5. The lowest BCUT2D eigenvalue weighted by atomic mass is 9.94. The Bertz CT molecular complexity index is 1150. The lowest BCUT2D eigenvalue weighted by Crippen LogP contribution is -2.34. The molecule has 1 aliphatic rings. The number of piperidine rings is 1. The Hall–Kier alpha value is -2.76. The Balaban J connectivity index is 1.42. The molecular formula is C24H24ClN5. The fraction of sp³-hybridized carbons (Fsp3) is 0.292. The van der Waals surface area contributed by atoms with Crippen LogP contribution in [0.25, 0.3) is 16.8 Å². The first kappa shape index (κ1) is 19.2. The lowest BCUT2D eigenvalue weighted by molar-refractivity contribution is 0.198. The Labute approximate surface area is 181 Å². The summed E-state index contributed by atoms with van der Waals surface area (Å²) in [6.45, 7) is 5.13. The molecule has 152 valence electrons. The van der Waals surface area contributed by atoms with Gasteiger partial charge in [-0.15, -0.1) is 0 Å². The van der Waals surface area contributed by atoms with Crippen molar-refractivity contribution in [1.29, 1.82) is 0 Å². The van der Waals surface area contributed by atoms with E-state index in [1.807, 2.05) is 54.3 Å². The van der Waals surface area contributed by atoms with Crippen LogP contribution in [0, 0.1) is 6.92 Å². The summed E-state index contributed by atoms with van der Waals surface area (Å²) < 4.78 is 1.89. The monoisotopic (exact) mass is 417 g/mol. The lowest BCUT2D eigenvalue weighted by Gasteiger charge is -2.32. The van der Waals surface area contributed by atoms with Crippen LogP contribution in [0.4, 0.5) is 0 Å². The maximum atomic E-state index is 6.03. The van der Waals surface area contributed by atoms with Crippen molar-refractivity contribution in [3.8, 4) is 11.1 Å². The van der Waals surface area contributed by atoms with Gasteiger partial charge in [0, 0.05) is 53.9 Å². The average Bonchev–Trinajstić information content (AvgIpc) is 3.11. The molecular weight excluding hydrogens is 394 g/mol. The number of pyridine rings is 1. The molecule has 0 N–H and O–H groups in total. The number of hydrogen-bond acceptors (Lipinski definition) is 4. The summed E-state index contributed by atoms with van der Waals surface area (Å²) >= 11 is 6.03. The molecule has 0 radical (unpaired) electrons. The van der Waals surface area contributed by atoms with Gasteiger partial charge in [0.25, 0.3) is 0 Å². The van der Waals surface area contributed by atoms with E-state index in [9.17, 15) is 0 Å². The molecule has 1 fully saturated rings. The van der Waals surface area contributed by atoms with Crippen molar-refractivity contribution in [2.24, 2.45) is 0 Å². The summed E-state index contributed by atoms with van der Waals surface area (Å²) in [5, 5.41) is 5.45. The third-order valence-corrected chi connectivity index (χ3v) is 6.15. The molecule has 30 heavy (non-hydrogen) atoms. The molecule has 4 heterocycles. The van der Waals surface area contributed by atoms with Gasteiger partial charge in [-0.2, -0.15) is 5.10 Å². The fourth-order valence-electron chi connectivity index (χ4n) is 4.43. The van der Waals surface area contributed by atoms with Crippen LogP contribution in [0.2, 0.25) is 5.02 Å². The van der Waals surface area contributed by atoms with Crippen LogP contribution in [0.15, 0.2) is 61.1 Å². The highest BCUT2D eigenvalue weighted by Crippen LogP contribution is 2.30. The van der Waals surface area contributed by atoms with E-state index >= 15 is 0 Å². The van der Waals surface area contributed by atoms with Gasteiger partial charge in [0.05, 0.1) is 5.69 Å². The zero-order valence-corrected chi connectivity index (χ0v) is 17.8. The summed E-state index contributed by atoms with van der Waals surface area (Å²) in [5.74, 6) is 0.427. The normalized spacial score (nSPS) is 17.5. The molecule has 1 atom stereocenters. The van der Waals surface area contributed by atoms with Crippen LogP contribution in [-0.2, 0) is 6.54 Å². The predicted molar refractivity (Wildman–Crippen MR) is 120 cm³/mol. The van der Waals surface area contributed by atoms with Crippen molar-refractivity contribution in [3.05, 3.63) is 83.0 Å². The van der Waals surface area contributed by atoms with E-state index in [1.165, 1.54) is 12.0 Å². The maximum Gasteiger partial charge on any atom is 0.163 e. The molecule has 4 aromatic rings. The van der Waals surface area contributed by atoms with Crippen LogP contribution in [0.5, 0.6) is 0 Å². The number of fused-ring (bicyclic) bond motifs is 1. The summed E-state index contributed by atoms with van der Waals surface area (Å²) in [4.78, 5) is 11.8. The summed E-state index contributed by atoms with van der Waals surface area (Å²) in [6.07, 6.45) is 8.03. The number of aryl methyl sites for hydroxylation is 1. The largest absolute Gasteiger partial charge is 0.298 e. The van der Waals surface area contributed by atoms with Crippen LogP contribution >= 0.6 is 11.6 Å². The first-order chi connectivity index (χ1) is 14.7. The van der Waals surface area contributed by atoms with Crippen molar-refractivity contribution in [2.45, 2.75) is 32.2 Å². The van der Waals surface area contributed by atoms with Gasteiger partial charge in [0.2, 0.25) is 0 Å². The highest BCUT2D eigenvalue weighted by molar-refractivity contribution is 6.30. The van der Waals surface area contributed by atoms with Gasteiger partial charge in [0.1, 0.15) is 0 Å². The molecule has 1 aromatic carbocycles. The molecule has 0 spiro atoms. The summed E-state index contributed by atoms with van der Waals surface area (Å²) in [6, 6.07) is 14.3. The van der Waals surface area contributed by atoms with Crippen LogP contribution in [0.1, 0.15) is 35.7 Å². The van der Waals surface area contributed by atoms with Gasteiger partial charge in [-0.25, -0.2) is 9.50 Å². The quantitative estimate of drug-likeness (QED) is 0.461. The molecule has 1 aliphatic heterocycles. The van der Waals surface area contributed by atoms with E-state index in [-0.39, 0.29) is 0 Å². The maximum absolute atomic E-state index is 6.03. The second-order valence-electron chi connectivity index (χ2n) is 8.02. The fourth-order valence-corrected chi connectivity index (χ4v) is 4.55. The van der Waals surface area contributed by atoms with E-state index < -0.39 is 0 Å². The summed E-state index contributed by atoms with van der Waals surface area (Å²) in [5.41, 5.74) is 6.56. The van der Waals surface area contributed by atoms with Gasteiger partial charge in [-0.1, -0.05) is 23.7 Å². The highest BCUT2D eigenvalue weighted by Gasteiger charge is 2.24. The van der Waals surface area contributed by atoms with Crippen molar-refractivity contribution < 1.29 is 0 Å². The van der Waals surface area contributed by atoms with Gasteiger partial charge >= 0.3 is 0 Å². The first-order valence-corrected chi connectivity index (χ1v) is 10.8. The van der Waals surface area contributed by atoms with Gasteiger partial charge in [-0.05, 0) is 67.8 Å². The minimum Gasteiger partial charge on any atom is -0.298 e. The van der Waals surface area contributed by atoms with Gasteiger partial charge in [0.15, 0.2) is 5.65 Å². The third-order valence-electron chi connectivity index (χ3n) is 5.89. The number of hydrogen-bond donors (Lipinski definition) is 0. The minimum atomic E-state index is 0.427. The van der Waals surface area contributed by atoms with Gasteiger partial charge in [-0.3, -0.25) is 9.88 Å². The zero-order valence-electron chi connectivity index (χ0n) is 17.0. The number of rotatable bonds is 4. The molecule has 1 unspecified atom stereocenters. The Morgan fingerprint density at radius 2 is 1.87 bits per heavy atom.